The van der Waals surface area contributed by atoms with Gasteiger partial charge in [0.15, 0.2) is 13.9 Å². The second-order valence-corrected chi connectivity index (χ2v) is 15.1. The molecule has 10 nitrogen and oxygen atoms in total. The minimum Gasteiger partial charge on any atom is -0.432 e. The summed E-state index contributed by atoms with van der Waals surface area (Å²) in [6.07, 6.45) is 5.45. The first-order valence-corrected chi connectivity index (χ1v) is 16.4. The molecule has 5 rings (SSSR count). The van der Waals surface area contributed by atoms with Crippen LogP contribution in [0.15, 0.2) is 37.1 Å². The summed E-state index contributed by atoms with van der Waals surface area (Å²) in [6, 6.07) is 5.75. The van der Waals surface area contributed by atoms with Crippen molar-refractivity contribution in [1.29, 1.82) is 0 Å². The van der Waals surface area contributed by atoms with Crippen molar-refractivity contribution >= 4 is 31.5 Å². The molecule has 0 aliphatic carbocycles. The van der Waals surface area contributed by atoms with Gasteiger partial charge in [-0.25, -0.2) is 0 Å². The molecule has 204 valence electrons. The maximum absolute atomic E-state index is 14.2. The number of carbonyl (C=O) groups is 2. The summed E-state index contributed by atoms with van der Waals surface area (Å²) < 4.78 is 8.56. The molecular formula is C27H37N5O5Si. The summed E-state index contributed by atoms with van der Waals surface area (Å²) in [6.45, 7) is 11.2. The fraction of sp³-hybridized carbons (Fsp3) is 0.556. The summed E-state index contributed by atoms with van der Waals surface area (Å²) in [5, 5.41) is 17.5. The van der Waals surface area contributed by atoms with E-state index in [9.17, 15) is 19.5 Å². The van der Waals surface area contributed by atoms with E-state index in [1.807, 2.05) is 44.4 Å². The molecule has 0 saturated carbocycles. The van der Waals surface area contributed by atoms with Gasteiger partial charge in [-0.3, -0.25) is 14.3 Å². The van der Waals surface area contributed by atoms with Crippen LogP contribution in [0.2, 0.25) is 18.6 Å². The third-order valence-electron chi connectivity index (χ3n) is 8.26. The smallest absolute Gasteiger partial charge is 0.264 e. The highest BCUT2D eigenvalue weighted by atomic mass is 28.4. The van der Waals surface area contributed by atoms with Gasteiger partial charge in [0.1, 0.15) is 0 Å². The van der Waals surface area contributed by atoms with Crippen molar-refractivity contribution in [3.8, 4) is 0 Å². The zero-order chi connectivity index (χ0) is 27.2. The van der Waals surface area contributed by atoms with E-state index >= 15 is 0 Å². The molecule has 1 aromatic heterocycles. The maximum Gasteiger partial charge on any atom is 0.264 e. The molecule has 3 aliphatic heterocycles. The van der Waals surface area contributed by atoms with Crippen molar-refractivity contribution in [3.05, 3.63) is 48.3 Å². The molecule has 0 unspecified atom stereocenters. The quantitative estimate of drug-likeness (QED) is 0.371. The Morgan fingerprint density at radius 3 is 2.76 bits per heavy atom. The number of aliphatic hydroxyl groups is 1. The van der Waals surface area contributed by atoms with Gasteiger partial charge in [0.05, 0.1) is 17.5 Å². The molecule has 1 spiro atoms. The number of anilines is 2. The molecule has 2 N–H and O–H groups in total. The summed E-state index contributed by atoms with van der Waals surface area (Å²) in [5.41, 5.74) is 1.53. The van der Waals surface area contributed by atoms with E-state index in [0.29, 0.717) is 44.6 Å². The molecule has 4 heterocycles. The highest BCUT2D eigenvalue weighted by molar-refractivity contribution is 6.71. The predicted octanol–water partition coefficient (Wildman–Crippen LogP) is 2.36. The number of fused-ring (bicyclic) bond motifs is 2. The van der Waals surface area contributed by atoms with E-state index in [1.54, 1.807) is 20.6 Å². The van der Waals surface area contributed by atoms with Crippen molar-refractivity contribution in [2.24, 2.45) is 5.92 Å². The number of aliphatic hydroxyl groups excluding tert-OH is 1. The monoisotopic (exact) mass is 539 g/mol. The molecule has 2 fully saturated rings. The maximum atomic E-state index is 14.2. The van der Waals surface area contributed by atoms with Gasteiger partial charge in [0.2, 0.25) is 5.91 Å². The second-order valence-electron chi connectivity index (χ2n) is 11.2. The Kier molecular flexibility index (Phi) is 7.05. The number of amides is 2. The average Bonchev–Trinajstić information content (AvgIpc) is 3.61. The average molecular weight is 540 g/mol. The zero-order valence-corrected chi connectivity index (χ0v) is 23.3. The Hall–Kier alpha value is -2.86. The Morgan fingerprint density at radius 1 is 1.32 bits per heavy atom. The standard InChI is InChI=1S/C27H37N5O5Si/c1-5-12-32-22-9-8-20(31-13-6-7-24(31)34)16-21(22)27(26(32)35)18(2)25(38(3,4)36)23(37-27)10-14-30-17-19(11-15-33)28-29-30/h5,8-9,16-18,23,25,33,36H,1,6-7,10-15H2,2-4H3/t18-,23+,25-,27+/m0/s1. The molecule has 3 aliphatic rings. The van der Waals surface area contributed by atoms with Gasteiger partial charge in [-0.15, -0.1) is 11.7 Å². The van der Waals surface area contributed by atoms with Crippen LogP contribution in [0.25, 0.3) is 0 Å². The van der Waals surface area contributed by atoms with E-state index < -0.39 is 13.9 Å². The van der Waals surface area contributed by atoms with Gasteiger partial charge in [-0.1, -0.05) is 18.2 Å². The van der Waals surface area contributed by atoms with Crippen LogP contribution in [0.1, 0.15) is 37.4 Å². The van der Waals surface area contributed by atoms with Crippen LogP contribution in [0.5, 0.6) is 0 Å². The minimum atomic E-state index is -2.79. The van der Waals surface area contributed by atoms with Crippen LogP contribution in [-0.2, 0) is 32.9 Å². The van der Waals surface area contributed by atoms with Crippen molar-refractivity contribution in [3.63, 3.8) is 0 Å². The lowest BCUT2D eigenvalue weighted by atomic mass is 9.82. The van der Waals surface area contributed by atoms with Gasteiger partial charge >= 0.3 is 0 Å². The number of carbonyl (C=O) groups excluding carboxylic acids is 2. The topological polar surface area (TPSA) is 121 Å². The lowest BCUT2D eigenvalue weighted by Crippen LogP contribution is -2.46. The molecule has 0 radical (unpaired) electrons. The summed E-state index contributed by atoms with van der Waals surface area (Å²) in [7, 11) is -2.79. The molecule has 0 bridgehead atoms. The lowest BCUT2D eigenvalue weighted by molar-refractivity contribution is -0.145. The predicted molar refractivity (Wildman–Crippen MR) is 145 cm³/mol. The molecular weight excluding hydrogens is 502 g/mol. The second kappa shape index (κ2) is 10.0. The number of ether oxygens (including phenoxy) is 1. The van der Waals surface area contributed by atoms with Gasteiger partial charge in [-0.2, -0.15) is 0 Å². The molecule has 11 heteroatoms. The molecule has 4 atom stereocenters. The number of aryl methyl sites for hydroxylation is 1. The molecule has 2 aromatic rings. The Bertz CT molecular complexity index is 1240. The minimum absolute atomic E-state index is 0.00455. The van der Waals surface area contributed by atoms with Gasteiger partial charge in [0.25, 0.3) is 5.91 Å². The third-order valence-corrected chi connectivity index (χ3v) is 10.8. The summed E-state index contributed by atoms with van der Waals surface area (Å²) >= 11 is 0. The van der Waals surface area contributed by atoms with Crippen LogP contribution in [-0.4, -0.2) is 70.8 Å². The lowest BCUT2D eigenvalue weighted by Gasteiger charge is -2.32. The van der Waals surface area contributed by atoms with E-state index in [1.165, 1.54) is 0 Å². The first kappa shape index (κ1) is 26.7. The summed E-state index contributed by atoms with van der Waals surface area (Å²) in [5.74, 6) is -0.355. The van der Waals surface area contributed by atoms with Gasteiger partial charge in [0, 0.05) is 68.0 Å². The summed E-state index contributed by atoms with van der Waals surface area (Å²) in [4.78, 5) is 41.7. The van der Waals surface area contributed by atoms with Crippen LogP contribution in [0.3, 0.4) is 0 Å². The fourth-order valence-electron chi connectivity index (χ4n) is 6.67. The Balaban J connectivity index is 1.53. The van der Waals surface area contributed by atoms with E-state index in [0.717, 1.165) is 23.4 Å². The largest absolute Gasteiger partial charge is 0.432 e. The third kappa shape index (κ3) is 4.31. The van der Waals surface area contributed by atoms with E-state index in [2.05, 4.69) is 16.9 Å². The SMILES string of the molecule is C=CCN1C(=O)[C@]2(O[C@H](CCn3cc(CCO)nn3)[C@@H]([Si](C)(C)O)[C@@H]2C)c2cc(N3CCCC3=O)ccc21. The number of nitrogens with zero attached hydrogens (tertiary/aromatic N) is 5. The highest BCUT2D eigenvalue weighted by Crippen LogP contribution is 2.60. The van der Waals surface area contributed by atoms with Crippen LogP contribution in [0, 0.1) is 5.92 Å². The number of benzene rings is 1. The Morgan fingerprint density at radius 2 is 2.11 bits per heavy atom. The van der Waals surface area contributed by atoms with Crippen molar-refractivity contribution < 1.29 is 24.2 Å². The van der Waals surface area contributed by atoms with Crippen molar-refractivity contribution in [2.75, 3.05) is 29.5 Å². The van der Waals surface area contributed by atoms with Gasteiger partial charge < -0.3 is 24.4 Å². The number of hydrogen-bond donors (Lipinski definition) is 2. The van der Waals surface area contributed by atoms with Crippen LogP contribution in [0.4, 0.5) is 11.4 Å². The van der Waals surface area contributed by atoms with Crippen molar-refractivity contribution in [2.45, 2.75) is 69.5 Å². The molecule has 38 heavy (non-hydrogen) atoms. The van der Waals surface area contributed by atoms with E-state index in [4.69, 9.17) is 4.74 Å². The highest BCUT2D eigenvalue weighted by Gasteiger charge is 2.66. The zero-order valence-electron chi connectivity index (χ0n) is 22.3. The Labute approximate surface area is 224 Å². The molecule has 1 aromatic carbocycles. The first-order valence-electron chi connectivity index (χ1n) is 13.4. The van der Waals surface area contributed by atoms with Crippen molar-refractivity contribution in [1.82, 2.24) is 15.0 Å². The molecule has 2 saturated heterocycles. The normalized spacial score (nSPS) is 27.1. The van der Waals surface area contributed by atoms with Crippen LogP contribution >= 0.6 is 0 Å². The number of aromatic nitrogens is 3. The number of hydrogen-bond acceptors (Lipinski definition) is 7. The van der Waals surface area contributed by atoms with E-state index in [-0.39, 0.29) is 36.0 Å². The first-order chi connectivity index (χ1) is 18.1. The fourth-order valence-corrected chi connectivity index (χ4v) is 9.27. The number of rotatable bonds is 9. The van der Waals surface area contributed by atoms with Crippen LogP contribution < -0.4 is 9.80 Å². The van der Waals surface area contributed by atoms with Gasteiger partial charge in [-0.05, 0) is 44.1 Å². The molecule has 2 amide bonds.